The minimum atomic E-state index is -0.948. The molecule has 3 unspecified atom stereocenters. The third-order valence-electron chi connectivity index (χ3n) is 10.6. The zero-order valence-electron chi connectivity index (χ0n) is 35.4. The van der Waals surface area contributed by atoms with Crippen molar-refractivity contribution in [3.8, 4) is 0 Å². The molecule has 0 aromatic heterocycles. The molecule has 1 amide bonds. The number of aliphatic hydroxyl groups excluding tert-OH is 3. The van der Waals surface area contributed by atoms with Crippen LogP contribution >= 0.6 is 0 Å². The molecular formula is C48H91NO4. The Kier molecular flexibility index (Phi) is 42.1. The van der Waals surface area contributed by atoms with E-state index in [0.717, 1.165) is 32.1 Å². The van der Waals surface area contributed by atoms with Gasteiger partial charge in [-0.1, -0.05) is 211 Å². The summed E-state index contributed by atoms with van der Waals surface area (Å²) in [6.45, 7) is 4.15. The molecule has 0 fully saturated rings. The quantitative estimate of drug-likeness (QED) is 0.0370. The van der Waals surface area contributed by atoms with E-state index in [2.05, 4.69) is 43.5 Å². The van der Waals surface area contributed by atoms with Crippen LogP contribution in [0.3, 0.4) is 0 Å². The lowest BCUT2D eigenvalue weighted by atomic mass is 10.0. The summed E-state index contributed by atoms with van der Waals surface area (Å²) in [5.74, 6) is -0.327. The van der Waals surface area contributed by atoms with Crippen LogP contribution in [0.4, 0.5) is 0 Å². The highest BCUT2D eigenvalue weighted by atomic mass is 16.3. The molecule has 5 nitrogen and oxygen atoms in total. The summed E-state index contributed by atoms with van der Waals surface area (Å²) >= 11 is 0. The fraction of sp³-hybridized carbons (Fsp3) is 0.854. The van der Waals surface area contributed by atoms with Crippen molar-refractivity contribution in [1.29, 1.82) is 0 Å². The Labute approximate surface area is 330 Å². The van der Waals surface area contributed by atoms with E-state index < -0.39 is 18.2 Å². The highest BCUT2D eigenvalue weighted by Gasteiger charge is 2.20. The summed E-state index contributed by atoms with van der Waals surface area (Å²) in [6.07, 6.45) is 54.7. The number of carbonyl (C=O) groups excluding carboxylic acids is 1. The van der Waals surface area contributed by atoms with Crippen LogP contribution in [-0.2, 0) is 4.79 Å². The monoisotopic (exact) mass is 746 g/mol. The molecule has 3 atom stereocenters. The van der Waals surface area contributed by atoms with Gasteiger partial charge in [0.05, 0.1) is 31.3 Å². The summed E-state index contributed by atoms with van der Waals surface area (Å²) in [5.41, 5.74) is 0. The number of unbranched alkanes of at least 4 members (excludes halogenated alkanes) is 29. The smallest absolute Gasteiger partial charge is 0.222 e. The maximum Gasteiger partial charge on any atom is 0.222 e. The van der Waals surface area contributed by atoms with E-state index in [-0.39, 0.29) is 18.9 Å². The molecule has 0 radical (unpaired) electrons. The minimum absolute atomic E-state index is 0.00630. The van der Waals surface area contributed by atoms with Crippen LogP contribution in [0, 0.1) is 0 Å². The molecule has 53 heavy (non-hydrogen) atoms. The fourth-order valence-electron chi connectivity index (χ4n) is 7.06. The van der Waals surface area contributed by atoms with Crippen molar-refractivity contribution >= 4 is 5.91 Å². The summed E-state index contributed by atoms with van der Waals surface area (Å²) in [6, 6.07) is -0.758. The van der Waals surface area contributed by atoms with E-state index in [1.54, 1.807) is 6.08 Å². The topological polar surface area (TPSA) is 89.8 Å². The second-order valence-corrected chi connectivity index (χ2v) is 16.0. The van der Waals surface area contributed by atoms with Crippen molar-refractivity contribution in [2.24, 2.45) is 0 Å². The first kappa shape index (κ1) is 51.6. The lowest BCUT2D eigenvalue weighted by Gasteiger charge is -2.21. The third-order valence-corrected chi connectivity index (χ3v) is 10.6. The Morgan fingerprint density at radius 2 is 0.811 bits per heavy atom. The van der Waals surface area contributed by atoms with Gasteiger partial charge in [-0.2, -0.15) is 0 Å². The van der Waals surface area contributed by atoms with Gasteiger partial charge in [0, 0.05) is 0 Å². The largest absolute Gasteiger partial charge is 0.394 e. The number of hydrogen-bond acceptors (Lipinski definition) is 4. The summed E-state index contributed by atoms with van der Waals surface area (Å²) in [5, 5.41) is 33.0. The molecular weight excluding hydrogens is 655 g/mol. The van der Waals surface area contributed by atoms with Gasteiger partial charge in [0.15, 0.2) is 0 Å². The summed E-state index contributed by atoms with van der Waals surface area (Å²) in [4.78, 5) is 12.4. The van der Waals surface area contributed by atoms with Crippen molar-refractivity contribution in [2.45, 2.75) is 257 Å². The van der Waals surface area contributed by atoms with Crippen LogP contribution in [-0.4, -0.2) is 46.1 Å². The van der Waals surface area contributed by atoms with Crippen molar-refractivity contribution in [3.63, 3.8) is 0 Å². The van der Waals surface area contributed by atoms with Gasteiger partial charge in [0.2, 0.25) is 5.91 Å². The highest BCUT2D eigenvalue weighted by molar-refractivity contribution is 5.76. The lowest BCUT2D eigenvalue weighted by molar-refractivity contribution is -0.124. The predicted molar refractivity (Wildman–Crippen MR) is 231 cm³/mol. The molecule has 0 heterocycles. The van der Waals surface area contributed by atoms with Crippen molar-refractivity contribution < 1.29 is 20.1 Å². The van der Waals surface area contributed by atoms with Gasteiger partial charge in [0.1, 0.15) is 0 Å². The molecule has 0 aromatic carbocycles. The first-order valence-corrected chi connectivity index (χ1v) is 23.3. The van der Waals surface area contributed by atoms with E-state index in [4.69, 9.17) is 0 Å². The normalized spacial score (nSPS) is 13.8. The Balaban J connectivity index is 3.52. The minimum Gasteiger partial charge on any atom is -0.394 e. The predicted octanol–water partition coefficient (Wildman–Crippen LogP) is 13.5. The van der Waals surface area contributed by atoms with Crippen LogP contribution in [0.1, 0.15) is 239 Å². The number of allylic oxidation sites excluding steroid dienone is 5. The number of aliphatic hydroxyl groups is 3. The van der Waals surface area contributed by atoms with Gasteiger partial charge in [-0.25, -0.2) is 0 Å². The molecule has 5 heteroatoms. The first-order valence-electron chi connectivity index (χ1n) is 23.3. The van der Waals surface area contributed by atoms with E-state index in [0.29, 0.717) is 6.42 Å². The van der Waals surface area contributed by atoms with Gasteiger partial charge in [-0.05, 0) is 57.8 Å². The second-order valence-electron chi connectivity index (χ2n) is 16.0. The molecule has 4 N–H and O–H groups in total. The van der Waals surface area contributed by atoms with E-state index >= 15 is 0 Å². The number of hydrogen-bond donors (Lipinski definition) is 4. The molecule has 0 saturated heterocycles. The van der Waals surface area contributed by atoms with Crippen LogP contribution in [0.2, 0.25) is 0 Å². The van der Waals surface area contributed by atoms with Crippen LogP contribution in [0.15, 0.2) is 36.5 Å². The van der Waals surface area contributed by atoms with Gasteiger partial charge in [0.25, 0.3) is 0 Å². The highest BCUT2D eigenvalue weighted by Crippen LogP contribution is 2.16. The molecule has 0 bridgehead atoms. The zero-order valence-corrected chi connectivity index (χ0v) is 35.4. The van der Waals surface area contributed by atoms with Gasteiger partial charge in [-0.15, -0.1) is 0 Å². The Morgan fingerprint density at radius 3 is 1.25 bits per heavy atom. The van der Waals surface area contributed by atoms with E-state index in [9.17, 15) is 20.1 Å². The van der Waals surface area contributed by atoms with Gasteiger partial charge >= 0.3 is 0 Å². The fourth-order valence-corrected chi connectivity index (χ4v) is 7.06. The standard InChI is InChI=1S/C48H91NO4/c1-3-5-7-9-11-13-14-15-16-17-18-19-20-21-22-23-24-25-26-27-28-29-30-31-32-34-35-37-39-41-45(51)43-48(53)49-46(44-50)47(52)42-40-38-36-33-12-10-8-6-4-2/h12,21-22,33,40,42,45-47,50-52H,3-11,13-20,23-32,34-39,41,43-44H2,1-2H3,(H,49,53)/b22-21-,33-12+,42-40+. The number of nitrogens with one attached hydrogen (secondary N) is 1. The number of amides is 1. The van der Waals surface area contributed by atoms with Crippen LogP contribution in [0.25, 0.3) is 0 Å². The van der Waals surface area contributed by atoms with Crippen molar-refractivity contribution in [1.82, 2.24) is 5.32 Å². The maximum atomic E-state index is 12.4. The second kappa shape index (κ2) is 43.3. The Bertz CT molecular complexity index is 824. The molecule has 0 aromatic rings. The average Bonchev–Trinajstić information content (AvgIpc) is 3.15. The van der Waals surface area contributed by atoms with Gasteiger partial charge in [-0.3, -0.25) is 4.79 Å². The van der Waals surface area contributed by atoms with Crippen LogP contribution < -0.4 is 5.32 Å². The molecule has 312 valence electrons. The Morgan fingerprint density at radius 1 is 0.472 bits per heavy atom. The Hall–Kier alpha value is -1.43. The molecule has 0 aliphatic heterocycles. The maximum absolute atomic E-state index is 12.4. The molecule has 0 spiro atoms. The third kappa shape index (κ3) is 40.1. The molecule has 0 rings (SSSR count). The average molecular weight is 746 g/mol. The van der Waals surface area contributed by atoms with Crippen LogP contribution in [0.5, 0.6) is 0 Å². The summed E-state index contributed by atoms with van der Waals surface area (Å²) in [7, 11) is 0. The molecule has 0 saturated carbocycles. The first-order chi connectivity index (χ1) is 26.0. The van der Waals surface area contributed by atoms with E-state index in [1.165, 1.54) is 180 Å². The van der Waals surface area contributed by atoms with E-state index in [1.807, 2.05) is 6.08 Å². The lowest BCUT2D eigenvalue weighted by Crippen LogP contribution is -2.45. The van der Waals surface area contributed by atoms with Crippen molar-refractivity contribution in [2.75, 3.05) is 6.61 Å². The van der Waals surface area contributed by atoms with Crippen molar-refractivity contribution in [3.05, 3.63) is 36.5 Å². The summed E-state index contributed by atoms with van der Waals surface area (Å²) < 4.78 is 0. The SMILES string of the molecule is CCCCC/C=C/CC/C=C/C(O)C(CO)NC(=O)CC(O)CCCCCCCCCCCCCCC/C=C\CCCCCCCCCCCCCC. The molecule has 0 aliphatic rings. The zero-order chi connectivity index (χ0) is 38.7. The van der Waals surface area contributed by atoms with Gasteiger partial charge < -0.3 is 20.6 Å². The number of rotatable bonds is 42. The molecule has 0 aliphatic carbocycles. The number of carbonyl (C=O) groups is 1.